The predicted molar refractivity (Wildman–Crippen MR) is 72.9 cm³/mol. The molecule has 1 aromatic carbocycles. The zero-order chi connectivity index (χ0) is 12.6. The Morgan fingerprint density at radius 1 is 1.28 bits per heavy atom. The molecule has 0 aliphatic heterocycles. The second kappa shape index (κ2) is 4.25. The highest BCUT2D eigenvalue weighted by molar-refractivity contribution is 9.10. The fourth-order valence-electron chi connectivity index (χ4n) is 2.27. The topological polar surface area (TPSA) is 52.5 Å². The summed E-state index contributed by atoms with van der Waals surface area (Å²) < 4.78 is 1.05. The molecule has 3 rings (SSSR count). The molecule has 3 nitrogen and oxygen atoms in total. The van der Waals surface area contributed by atoms with Gasteiger partial charge in [-0.25, -0.2) is 4.98 Å². The number of rotatable bonds is 2. The summed E-state index contributed by atoms with van der Waals surface area (Å²) in [4.78, 5) is 7.68. The lowest BCUT2D eigenvalue weighted by molar-refractivity contribution is 0.309. The number of imidazole rings is 1. The minimum Gasteiger partial charge on any atom is -0.341 e. The second-order valence-corrected chi connectivity index (χ2v) is 5.62. The maximum absolute atomic E-state index is 9.29. The van der Waals surface area contributed by atoms with Crippen LogP contribution in [0.15, 0.2) is 34.9 Å². The molecule has 1 heterocycles. The largest absolute Gasteiger partial charge is 0.341 e. The first-order valence-corrected chi connectivity index (χ1v) is 6.75. The summed E-state index contributed by atoms with van der Waals surface area (Å²) in [5.41, 5.74) is 1.69. The third-order valence-corrected chi connectivity index (χ3v) is 4.13. The molecule has 1 fully saturated rings. The van der Waals surface area contributed by atoms with Crippen LogP contribution in [0.3, 0.4) is 0 Å². The Morgan fingerprint density at radius 3 is 2.56 bits per heavy atom. The lowest BCUT2D eigenvalue weighted by Crippen LogP contribution is -2.33. The molecule has 0 bridgehead atoms. The molecule has 18 heavy (non-hydrogen) atoms. The van der Waals surface area contributed by atoms with Gasteiger partial charge in [0.2, 0.25) is 0 Å². The average Bonchev–Trinajstić information content (AvgIpc) is 2.79. The SMILES string of the molecule is N#CC1(c2ncc(-c3ccc(Br)cc3)[nH]2)CCC1. The van der Waals surface area contributed by atoms with E-state index in [4.69, 9.17) is 0 Å². The molecule has 4 heteroatoms. The van der Waals surface area contributed by atoms with Crippen molar-refractivity contribution in [3.8, 4) is 17.3 Å². The first-order chi connectivity index (χ1) is 8.73. The highest BCUT2D eigenvalue weighted by atomic mass is 79.9. The van der Waals surface area contributed by atoms with E-state index in [2.05, 4.69) is 32.0 Å². The monoisotopic (exact) mass is 301 g/mol. The van der Waals surface area contributed by atoms with Crippen molar-refractivity contribution in [2.24, 2.45) is 0 Å². The zero-order valence-electron chi connectivity index (χ0n) is 9.78. The third-order valence-electron chi connectivity index (χ3n) is 3.61. The Bertz CT molecular complexity index is 603. The highest BCUT2D eigenvalue weighted by Gasteiger charge is 2.41. The van der Waals surface area contributed by atoms with Gasteiger partial charge in [0.05, 0.1) is 18.0 Å². The number of nitrogens with one attached hydrogen (secondary N) is 1. The smallest absolute Gasteiger partial charge is 0.127 e. The zero-order valence-corrected chi connectivity index (χ0v) is 11.4. The van der Waals surface area contributed by atoms with Crippen LogP contribution in [0.25, 0.3) is 11.3 Å². The van der Waals surface area contributed by atoms with E-state index >= 15 is 0 Å². The maximum Gasteiger partial charge on any atom is 0.127 e. The summed E-state index contributed by atoms with van der Waals surface area (Å²) in [5, 5.41) is 9.29. The fourth-order valence-corrected chi connectivity index (χ4v) is 2.54. The summed E-state index contributed by atoms with van der Waals surface area (Å²) in [7, 11) is 0. The predicted octanol–water partition coefficient (Wildman–Crippen LogP) is 3.78. The number of halogens is 1. The van der Waals surface area contributed by atoms with E-state index in [1.54, 1.807) is 0 Å². The molecule has 0 spiro atoms. The van der Waals surface area contributed by atoms with Crippen LogP contribution in [0.2, 0.25) is 0 Å². The average molecular weight is 302 g/mol. The second-order valence-electron chi connectivity index (χ2n) is 4.70. The van der Waals surface area contributed by atoms with Crippen LogP contribution >= 0.6 is 15.9 Å². The van der Waals surface area contributed by atoms with Crippen molar-refractivity contribution >= 4 is 15.9 Å². The minimum atomic E-state index is -0.367. The van der Waals surface area contributed by atoms with Crippen molar-refractivity contribution in [2.45, 2.75) is 24.7 Å². The molecule has 1 aromatic heterocycles. The summed E-state index contributed by atoms with van der Waals surface area (Å²) >= 11 is 3.42. The van der Waals surface area contributed by atoms with Gasteiger partial charge in [0.15, 0.2) is 0 Å². The number of benzene rings is 1. The van der Waals surface area contributed by atoms with E-state index in [0.717, 1.165) is 40.8 Å². The highest BCUT2D eigenvalue weighted by Crippen LogP contribution is 2.42. The minimum absolute atomic E-state index is 0.367. The standard InChI is InChI=1S/C14H12BrN3/c15-11-4-2-10(3-5-11)12-8-17-13(18-12)14(9-16)6-1-7-14/h2-5,8H,1,6-7H2,(H,17,18). The first-order valence-electron chi connectivity index (χ1n) is 5.96. The quantitative estimate of drug-likeness (QED) is 0.917. The summed E-state index contributed by atoms with van der Waals surface area (Å²) in [6.07, 6.45) is 4.76. The van der Waals surface area contributed by atoms with Crippen LogP contribution in [-0.2, 0) is 5.41 Å². The lowest BCUT2D eigenvalue weighted by Gasteiger charge is -2.32. The first kappa shape index (κ1) is 11.5. The van der Waals surface area contributed by atoms with Crippen molar-refractivity contribution < 1.29 is 0 Å². The van der Waals surface area contributed by atoms with E-state index in [0.29, 0.717) is 0 Å². The number of H-pyrrole nitrogens is 1. The summed E-state index contributed by atoms with van der Waals surface area (Å²) in [5.74, 6) is 0.814. The maximum atomic E-state index is 9.29. The van der Waals surface area contributed by atoms with E-state index in [9.17, 15) is 5.26 Å². The van der Waals surface area contributed by atoms with Gasteiger partial charge in [-0.3, -0.25) is 0 Å². The van der Waals surface area contributed by atoms with Crippen molar-refractivity contribution in [3.05, 3.63) is 40.8 Å². The van der Waals surface area contributed by atoms with Gasteiger partial charge in [-0.1, -0.05) is 28.1 Å². The molecule has 0 atom stereocenters. The van der Waals surface area contributed by atoms with Gasteiger partial charge in [-0.2, -0.15) is 5.26 Å². The van der Waals surface area contributed by atoms with Gasteiger partial charge < -0.3 is 4.98 Å². The van der Waals surface area contributed by atoms with Crippen molar-refractivity contribution in [1.82, 2.24) is 9.97 Å². The van der Waals surface area contributed by atoms with Crippen LogP contribution in [0.4, 0.5) is 0 Å². The molecule has 1 aliphatic carbocycles. The number of hydrogen-bond donors (Lipinski definition) is 1. The molecular formula is C14H12BrN3. The van der Waals surface area contributed by atoms with Crippen molar-refractivity contribution in [1.29, 1.82) is 5.26 Å². The summed E-state index contributed by atoms with van der Waals surface area (Å²) in [6.45, 7) is 0. The van der Waals surface area contributed by atoms with E-state index in [1.807, 2.05) is 30.5 Å². The van der Waals surface area contributed by atoms with Gasteiger partial charge in [0.25, 0.3) is 0 Å². The van der Waals surface area contributed by atoms with Crippen LogP contribution < -0.4 is 0 Å². The van der Waals surface area contributed by atoms with Gasteiger partial charge >= 0.3 is 0 Å². The number of aromatic amines is 1. The molecule has 0 unspecified atom stereocenters. The van der Waals surface area contributed by atoms with Gasteiger partial charge in [-0.05, 0) is 37.0 Å². The van der Waals surface area contributed by atoms with Gasteiger partial charge in [0.1, 0.15) is 11.2 Å². The molecule has 2 aromatic rings. The molecule has 1 saturated carbocycles. The molecule has 0 amide bonds. The molecule has 90 valence electrons. The van der Waals surface area contributed by atoms with E-state index in [1.165, 1.54) is 0 Å². The Kier molecular flexibility index (Phi) is 2.71. The number of hydrogen-bond acceptors (Lipinski definition) is 2. The van der Waals surface area contributed by atoms with Crippen molar-refractivity contribution in [3.63, 3.8) is 0 Å². The molecular weight excluding hydrogens is 290 g/mol. The van der Waals surface area contributed by atoms with Crippen LogP contribution in [0.5, 0.6) is 0 Å². The van der Waals surface area contributed by atoms with Crippen molar-refractivity contribution in [2.75, 3.05) is 0 Å². The molecule has 0 saturated heterocycles. The van der Waals surface area contributed by atoms with E-state index < -0.39 is 0 Å². The molecule has 1 aliphatic rings. The summed E-state index contributed by atoms with van der Waals surface area (Å²) in [6, 6.07) is 10.5. The van der Waals surface area contributed by atoms with Crippen LogP contribution in [-0.4, -0.2) is 9.97 Å². The van der Waals surface area contributed by atoms with Crippen LogP contribution in [0, 0.1) is 11.3 Å². The Hall–Kier alpha value is -1.60. The number of nitrogens with zero attached hydrogens (tertiary/aromatic N) is 2. The Morgan fingerprint density at radius 2 is 2.00 bits per heavy atom. The van der Waals surface area contributed by atoms with E-state index in [-0.39, 0.29) is 5.41 Å². The third kappa shape index (κ3) is 1.75. The van der Waals surface area contributed by atoms with Gasteiger partial charge in [0, 0.05) is 4.47 Å². The lowest BCUT2D eigenvalue weighted by atomic mass is 9.69. The number of nitriles is 1. The normalized spacial score (nSPS) is 16.9. The Balaban J connectivity index is 1.95. The molecule has 1 N–H and O–H groups in total. The number of aromatic nitrogens is 2. The van der Waals surface area contributed by atoms with Crippen LogP contribution in [0.1, 0.15) is 25.1 Å². The van der Waals surface area contributed by atoms with Gasteiger partial charge in [-0.15, -0.1) is 0 Å². The Labute approximate surface area is 114 Å². The fraction of sp³-hybridized carbons (Fsp3) is 0.286. The molecule has 0 radical (unpaired) electrons.